The fourth-order valence-electron chi connectivity index (χ4n) is 7.32. The average molecular weight is 651 g/mol. The van der Waals surface area contributed by atoms with E-state index in [4.69, 9.17) is 15.0 Å². The molecular weight excluding hydrogens is 621 g/mol. The third-order valence-corrected chi connectivity index (χ3v) is 9.86. The molecule has 0 saturated carbocycles. The van der Waals surface area contributed by atoms with Crippen molar-refractivity contribution in [3.63, 3.8) is 0 Å². The van der Waals surface area contributed by atoms with Gasteiger partial charge in [-0.15, -0.1) is 0 Å². The van der Waals surface area contributed by atoms with E-state index in [0.29, 0.717) is 5.82 Å². The van der Waals surface area contributed by atoms with Crippen LogP contribution in [0, 0.1) is 0 Å². The van der Waals surface area contributed by atoms with Gasteiger partial charge in [-0.1, -0.05) is 140 Å². The van der Waals surface area contributed by atoms with E-state index >= 15 is 0 Å². The fraction of sp³-hybridized carbons (Fsp3) is 0. The van der Waals surface area contributed by atoms with Crippen molar-refractivity contribution in [2.24, 2.45) is 0 Å². The van der Waals surface area contributed by atoms with Crippen LogP contribution in [0.25, 0.3) is 94.2 Å². The molecular formula is C47H30N4. The van der Waals surface area contributed by atoms with E-state index in [9.17, 15) is 0 Å². The summed E-state index contributed by atoms with van der Waals surface area (Å²) < 4.78 is 2.34. The third-order valence-electron chi connectivity index (χ3n) is 9.86. The second-order valence-corrected chi connectivity index (χ2v) is 12.9. The van der Waals surface area contributed by atoms with Gasteiger partial charge < -0.3 is 4.57 Å². The Kier molecular flexibility index (Phi) is 6.78. The van der Waals surface area contributed by atoms with Crippen molar-refractivity contribution in [1.82, 2.24) is 19.5 Å². The lowest BCUT2D eigenvalue weighted by Crippen LogP contribution is -1.97. The molecule has 0 fully saturated rings. The molecule has 7 aromatic carbocycles. The van der Waals surface area contributed by atoms with Crippen molar-refractivity contribution >= 4 is 43.4 Å². The highest BCUT2D eigenvalue weighted by molar-refractivity contribution is 6.09. The molecule has 0 amide bonds. The summed E-state index contributed by atoms with van der Waals surface area (Å²) in [6.07, 6.45) is 1.94. The molecule has 0 aliphatic rings. The third kappa shape index (κ3) is 5.04. The van der Waals surface area contributed by atoms with Crippen LogP contribution in [-0.4, -0.2) is 19.5 Å². The molecule has 51 heavy (non-hydrogen) atoms. The van der Waals surface area contributed by atoms with Gasteiger partial charge >= 0.3 is 0 Å². The Labute approximate surface area is 295 Å². The summed E-state index contributed by atoms with van der Waals surface area (Å²) in [5, 5.41) is 7.15. The monoisotopic (exact) mass is 650 g/mol. The zero-order chi connectivity index (χ0) is 33.7. The maximum atomic E-state index is 5.19. The van der Waals surface area contributed by atoms with Gasteiger partial charge in [-0.05, 0) is 52.6 Å². The molecule has 0 atom stereocenters. The summed E-state index contributed by atoms with van der Waals surface area (Å²) in [5.41, 5.74) is 10.3. The Balaban J connectivity index is 1.09. The Bertz CT molecular complexity index is 2850. The second kappa shape index (κ2) is 11.9. The second-order valence-electron chi connectivity index (χ2n) is 12.9. The summed E-state index contributed by atoms with van der Waals surface area (Å²) in [6.45, 7) is 0. The van der Waals surface area contributed by atoms with Crippen molar-refractivity contribution < 1.29 is 0 Å². The molecule has 0 radical (unpaired) electrons. The van der Waals surface area contributed by atoms with Gasteiger partial charge in [-0.3, -0.25) is 4.98 Å². The lowest BCUT2D eigenvalue weighted by molar-refractivity contribution is 1.17. The van der Waals surface area contributed by atoms with Crippen LogP contribution < -0.4 is 0 Å². The molecule has 0 bridgehead atoms. The van der Waals surface area contributed by atoms with Crippen molar-refractivity contribution in [3.8, 4) is 50.8 Å². The van der Waals surface area contributed by atoms with Crippen LogP contribution in [0.2, 0.25) is 0 Å². The van der Waals surface area contributed by atoms with Crippen LogP contribution in [0.3, 0.4) is 0 Å². The van der Waals surface area contributed by atoms with Gasteiger partial charge in [0, 0.05) is 50.3 Å². The average Bonchev–Trinajstić information content (AvgIpc) is 3.55. The van der Waals surface area contributed by atoms with Crippen molar-refractivity contribution in [2.75, 3.05) is 0 Å². The van der Waals surface area contributed by atoms with Crippen molar-refractivity contribution in [2.45, 2.75) is 0 Å². The molecule has 0 spiro atoms. The zero-order valence-electron chi connectivity index (χ0n) is 27.6. The van der Waals surface area contributed by atoms with Gasteiger partial charge in [0.1, 0.15) is 0 Å². The van der Waals surface area contributed by atoms with E-state index in [-0.39, 0.29) is 0 Å². The topological polar surface area (TPSA) is 43.6 Å². The molecule has 10 rings (SSSR count). The van der Waals surface area contributed by atoms with E-state index in [1.54, 1.807) is 0 Å². The van der Waals surface area contributed by atoms with E-state index in [1.165, 1.54) is 32.6 Å². The smallest absolute Gasteiger partial charge is 0.160 e. The first-order valence-corrected chi connectivity index (χ1v) is 17.2. The standard InChI is InChI=1S/C47H30N4/c1-2-12-36-30-48-42(28-35(36)11-1)32-20-22-34(23-21-32)47-49-43(29-44(50-47)39-17-9-13-31-10-3-4-14-38(31)39)33-24-26-37(27-25-33)51-45-18-7-5-15-40(45)41-16-6-8-19-46(41)51/h1-30H. The fourth-order valence-corrected chi connectivity index (χ4v) is 7.32. The van der Waals surface area contributed by atoms with Gasteiger partial charge in [-0.2, -0.15) is 0 Å². The van der Waals surface area contributed by atoms with Crippen LogP contribution in [0.1, 0.15) is 0 Å². The first-order chi connectivity index (χ1) is 25.3. The molecule has 238 valence electrons. The molecule has 0 unspecified atom stereocenters. The normalized spacial score (nSPS) is 11.5. The van der Waals surface area contributed by atoms with Crippen molar-refractivity contribution in [1.29, 1.82) is 0 Å². The Morgan fingerprint density at radius 1 is 0.373 bits per heavy atom. The van der Waals surface area contributed by atoms with E-state index in [2.05, 4.69) is 174 Å². The summed E-state index contributed by atoms with van der Waals surface area (Å²) in [6, 6.07) is 61.8. The number of benzene rings is 7. The molecule has 4 nitrogen and oxygen atoms in total. The predicted octanol–water partition coefficient (Wildman–Crippen LogP) is 11.9. The maximum absolute atomic E-state index is 5.19. The van der Waals surface area contributed by atoms with Crippen LogP contribution in [-0.2, 0) is 0 Å². The largest absolute Gasteiger partial charge is 0.309 e. The Hall–Kier alpha value is -6.91. The minimum absolute atomic E-state index is 0.680. The van der Waals surface area contributed by atoms with Gasteiger partial charge in [0.25, 0.3) is 0 Å². The summed E-state index contributed by atoms with van der Waals surface area (Å²) in [7, 11) is 0. The van der Waals surface area contributed by atoms with E-state index in [1.807, 2.05) is 12.3 Å². The highest BCUT2D eigenvalue weighted by Crippen LogP contribution is 2.35. The minimum Gasteiger partial charge on any atom is -0.309 e. The predicted molar refractivity (Wildman–Crippen MR) is 211 cm³/mol. The van der Waals surface area contributed by atoms with E-state index < -0.39 is 0 Å². The van der Waals surface area contributed by atoms with Crippen LogP contribution in [0.4, 0.5) is 0 Å². The van der Waals surface area contributed by atoms with Crippen molar-refractivity contribution in [3.05, 3.63) is 182 Å². The molecule has 0 saturated heterocycles. The zero-order valence-corrected chi connectivity index (χ0v) is 27.6. The number of pyridine rings is 1. The number of hydrogen-bond donors (Lipinski definition) is 0. The summed E-state index contributed by atoms with van der Waals surface area (Å²) in [5.74, 6) is 0.680. The number of para-hydroxylation sites is 2. The number of aromatic nitrogens is 4. The summed E-state index contributed by atoms with van der Waals surface area (Å²) >= 11 is 0. The van der Waals surface area contributed by atoms with Gasteiger partial charge in [-0.25, -0.2) is 9.97 Å². The van der Waals surface area contributed by atoms with Crippen LogP contribution in [0.15, 0.2) is 182 Å². The minimum atomic E-state index is 0.680. The van der Waals surface area contributed by atoms with Crippen LogP contribution >= 0.6 is 0 Å². The first-order valence-electron chi connectivity index (χ1n) is 17.2. The molecule has 0 N–H and O–H groups in total. The molecule has 0 aliphatic heterocycles. The summed E-state index contributed by atoms with van der Waals surface area (Å²) in [4.78, 5) is 15.1. The SMILES string of the molecule is c1ccc2cc(-c3ccc(-c4nc(-c5ccc(-n6c7ccccc7c7ccccc76)cc5)cc(-c5cccc6ccccc56)n4)cc3)ncc2c1. The highest BCUT2D eigenvalue weighted by atomic mass is 15.0. The van der Waals surface area contributed by atoms with Gasteiger partial charge in [0.15, 0.2) is 5.82 Å². The quantitative estimate of drug-likeness (QED) is 0.186. The first kappa shape index (κ1) is 29.0. The van der Waals surface area contributed by atoms with Crippen LogP contribution in [0.5, 0.6) is 0 Å². The lowest BCUT2D eigenvalue weighted by Gasteiger charge is -2.13. The number of nitrogens with zero attached hydrogens (tertiary/aromatic N) is 4. The lowest BCUT2D eigenvalue weighted by atomic mass is 10.00. The molecule has 10 aromatic rings. The van der Waals surface area contributed by atoms with Gasteiger partial charge in [0.05, 0.1) is 28.1 Å². The molecule has 3 aromatic heterocycles. The Morgan fingerprint density at radius 2 is 0.922 bits per heavy atom. The number of rotatable bonds is 5. The number of hydrogen-bond acceptors (Lipinski definition) is 3. The molecule has 4 heteroatoms. The van der Waals surface area contributed by atoms with E-state index in [0.717, 1.165) is 55.8 Å². The molecule has 3 heterocycles. The number of fused-ring (bicyclic) bond motifs is 5. The maximum Gasteiger partial charge on any atom is 0.160 e. The Morgan fingerprint density at radius 3 is 1.67 bits per heavy atom. The molecule has 0 aliphatic carbocycles. The van der Waals surface area contributed by atoms with Gasteiger partial charge in [0.2, 0.25) is 0 Å². The highest BCUT2D eigenvalue weighted by Gasteiger charge is 2.15.